The number of anilines is 1. The predicted octanol–water partition coefficient (Wildman–Crippen LogP) is 6.31. The SMILES string of the molecule is CCC(C)N(Cc1cccc(OS(=O)(=O)c2cccc(C(F)(F)F)c2)c1)C(=O)Nc1ccc(OC)cc1. The van der Waals surface area contributed by atoms with E-state index in [4.69, 9.17) is 8.92 Å². The van der Waals surface area contributed by atoms with Crippen LogP contribution in [0, 0.1) is 0 Å². The summed E-state index contributed by atoms with van der Waals surface area (Å²) in [5.41, 5.74) is 0.0447. The monoisotopic (exact) mass is 536 g/mol. The third-order valence-corrected chi connectivity index (χ3v) is 6.88. The van der Waals surface area contributed by atoms with Crippen molar-refractivity contribution in [1.82, 2.24) is 4.90 Å². The molecule has 3 aromatic rings. The molecule has 3 aromatic carbocycles. The Hall–Kier alpha value is -3.73. The molecule has 0 spiro atoms. The number of amides is 2. The molecule has 0 fully saturated rings. The van der Waals surface area contributed by atoms with E-state index in [0.717, 1.165) is 18.2 Å². The van der Waals surface area contributed by atoms with Gasteiger partial charge in [-0.25, -0.2) is 4.79 Å². The van der Waals surface area contributed by atoms with Gasteiger partial charge < -0.3 is 19.1 Å². The number of halogens is 3. The molecule has 0 saturated heterocycles. The van der Waals surface area contributed by atoms with Crippen molar-refractivity contribution < 1.29 is 35.3 Å². The number of nitrogens with zero attached hydrogens (tertiary/aromatic N) is 1. The molecule has 1 atom stereocenters. The Morgan fingerprint density at radius 2 is 1.68 bits per heavy atom. The Labute approximate surface area is 213 Å². The van der Waals surface area contributed by atoms with Crippen LogP contribution in [-0.2, 0) is 22.8 Å². The molecule has 1 unspecified atom stereocenters. The summed E-state index contributed by atoms with van der Waals surface area (Å²) in [5.74, 6) is 0.559. The van der Waals surface area contributed by atoms with Crippen LogP contribution in [-0.4, -0.2) is 32.5 Å². The Bertz CT molecular complexity index is 1330. The lowest BCUT2D eigenvalue weighted by Crippen LogP contribution is -2.40. The first-order chi connectivity index (χ1) is 17.4. The van der Waals surface area contributed by atoms with Crippen LogP contribution in [0.5, 0.6) is 11.5 Å². The molecule has 37 heavy (non-hydrogen) atoms. The number of rotatable bonds is 9. The van der Waals surface area contributed by atoms with Crippen molar-refractivity contribution in [2.45, 2.75) is 43.9 Å². The van der Waals surface area contributed by atoms with E-state index in [0.29, 0.717) is 29.5 Å². The smallest absolute Gasteiger partial charge is 0.416 e. The largest absolute Gasteiger partial charge is 0.497 e. The van der Waals surface area contributed by atoms with E-state index >= 15 is 0 Å². The van der Waals surface area contributed by atoms with Gasteiger partial charge in [0.2, 0.25) is 0 Å². The van der Waals surface area contributed by atoms with Gasteiger partial charge in [0, 0.05) is 18.3 Å². The minimum absolute atomic E-state index is 0.0884. The fraction of sp³-hybridized carbons (Fsp3) is 0.269. The van der Waals surface area contributed by atoms with Crippen molar-refractivity contribution in [2.24, 2.45) is 0 Å². The third-order valence-electron chi connectivity index (χ3n) is 5.63. The fourth-order valence-electron chi connectivity index (χ4n) is 3.41. The van der Waals surface area contributed by atoms with Crippen LogP contribution in [0.15, 0.2) is 77.7 Å². The van der Waals surface area contributed by atoms with Gasteiger partial charge in [0.25, 0.3) is 0 Å². The summed E-state index contributed by atoms with van der Waals surface area (Å²) >= 11 is 0. The topological polar surface area (TPSA) is 84.9 Å². The highest BCUT2D eigenvalue weighted by Crippen LogP contribution is 2.31. The zero-order chi connectivity index (χ0) is 27.2. The van der Waals surface area contributed by atoms with Gasteiger partial charge in [0.1, 0.15) is 16.4 Å². The molecule has 0 radical (unpaired) electrons. The van der Waals surface area contributed by atoms with Gasteiger partial charge in [0.15, 0.2) is 0 Å². The molecule has 3 rings (SSSR count). The summed E-state index contributed by atoms with van der Waals surface area (Å²) in [6, 6.07) is 15.7. The minimum atomic E-state index is -4.70. The maximum absolute atomic E-state index is 13.0. The fourth-order valence-corrected chi connectivity index (χ4v) is 4.38. The normalized spacial score (nSPS) is 12.5. The highest BCUT2D eigenvalue weighted by atomic mass is 32.2. The predicted molar refractivity (Wildman–Crippen MR) is 133 cm³/mol. The number of methoxy groups -OCH3 is 1. The summed E-state index contributed by atoms with van der Waals surface area (Å²) in [7, 11) is -2.99. The Morgan fingerprint density at radius 3 is 2.30 bits per heavy atom. The van der Waals surface area contributed by atoms with Gasteiger partial charge in [-0.1, -0.05) is 25.1 Å². The molecule has 0 saturated carbocycles. The second kappa shape index (κ2) is 11.5. The van der Waals surface area contributed by atoms with E-state index in [-0.39, 0.29) is 24.4 Å². The van der Waals surface area contributed by atoms with Gasteiger partial charge in [-0.15, -0.1) is 0 Å². The maximum atomic E-state index is 13.0. The molecular formula is C26H27F3N2O5S. The first-order valence-electron chi connectivity index (χ1n) is 11.4. The van der Waals surface area contributed by atoms with E-state index in [1.54, 1.807) is 48.4 Å². The standard InChI is InChI=1S/C26H27F3N2O5S/c1-4-18(2)31(25(32)30-21-11-13-22(35-3)14-12-21)17-19-7-5-9-23(15-19)36-37(33,34)24-10-6-8-20(16-24)26(27,28)29/h5-16,18H,4,17H2,1-3H3,(H,30,32). The zero-order valence-corrected chi connectivity index (χ0v) is 21.3. The van der Waals surface area contributed by atoms with Crippen LogP contribution in [0.1, 0.15) is 31.4 Å². The highest BCUT2D eigenvalue weighted by Gasteiger charge is 2.32. The summed E-state index contributed by atoms with van der Waals surface area (Å²) in [4.78, 5) is 14.0. The van der Waals surface area contributed by atoms with Crippen LogP contribution in [0.4, 0.5) is 23.7 Å². The van der Waals surface area contributed by atoms with Crippen molar-refractivity contribution in [1.29, 1.82) is 0 Å². The third kappa shape index (κ3) is 7.39. The number of alkyl halides is 3. The van der Waals surface area contributed by atoms with Crippen molar-refractivity contribution >= 4 is 21.8 Å². The minimum Gasteiger partial charge on any atom is -0.497 e. The molecule has 0 bridgehead atoms. The molecule has 0 aliphatic carbocycles. The molecule has 0 aliphatic heterocycles. The van der Waals surface area contributed by atoms with Crippen LogP contribution in [0.25, 0.3) is 0 Å². The molecule has 0 heterocycles. The molecule has 1 N–H and O–H groups in total. The maximum Gasteiger partial charge on any atom is 0.416 e. The number of nitrogens with one attached hydrogen (secondary N) is 1. The Morgan fingerprint density at radius 1 is 1.00 bits per heavy atom. The van der Waals surface area contributed by atoms with E-state index in [9.17, 15) is 26.4 Å². The van der Waals surface area contributed by atoms with E-state index in [1.807, 2.05) is 13.8 Å². The lowest BCUT2D eigenvalue weighted by molar-refractivity contribution is -0.137. The first kappa shape index (κ1) is 27.9. The van der Waals surface area contributed by atoms with Crippen LogP contribution in [0.2, 0.25) is 0 Å². The van der Waals surface area contributed by atoms with Crippen molar-refractivity contribution in [2.75, 3.05) is 12.4 Å². The molecule has 198 valence electrons. The van der Waals surface area contributed by atoms with E-state index in [1.165, 1.54) is 12.1 Å². The molecule has 0 aromatic heterocycles. The first-order valence-corrected chi connectivity index (χ1v) is 12.8. The van der Waals surface area contributed by atoms with Gasteiger partial charge in [-0.3, -0.25) is 0 Å². The molecule has 0 aliphatic rings. The Kier molecular flexibility index (Phi) is 8.69. The van der Waals surface area contributed by atoms with Gasteiger partial charge in [-0.2, -0.15) is 21.6 Å². The molecule has 7 nitrogen and oxygen atoms in total. The number of hydrogen-bond donors (Lipinski definition) is 1. The average Bonchev–Trinajstić information content (AvgIpc) is 2.86. The number of hydrogen-bond acceptors (Lipinski definition) is 5. The Balaban J connectivity index is 1.78. The quantitative estimate of drug-likeness (QED) is 0.324. The summed E-state index contributed by atoms with van der Waals surface area (Å²) in [6.07, 6.45) is -4.03. The lowest BCUT2D eigenvalue weighted by atomic mass is 10.1. The van der Waals surface area contributed by atoms with E-state index < -0.39 is 26.8 Å². The van der Waals surface area contributed by atoms with Crippen LogP contribution >= 0.6 is 0 Å². The zero-order valence-electron chi connectivity index (χ0n) is 20.5. The lowest BCUT2D eigenvalue weighted by Gasteiger charge is -2.29. The molecule has 11 heteroatoms. The van der Waals surface area contributed by atoms with Crippen molar-refractivity contribution in [3.63, 3.8) is 0 Å². The van der Waals surface area contributed by atoms with Crippen LogP contribution in [0.3, 0.4) is 0 Å². The highest BCUT2D eigenvalue weighted by molar-refractivity contribution is 7.87. The van der Waals surface area contributed by atoms with Gasteiger partial charge in [-0.05, 0) is 73.5 Å². The van der Waals surface area contributed by atoms with Crippen LogP contribution < -0.4 is 14.2 Å². The number of ether oxygens (including phenoxy) is 1. The second-order valence-corrected chi connectivity index (χ2v) is 9.80. The molecular weight excluding hydrogens is 509 g/mol. The number of benzene rings is 3. The number of urea groups is 1. The van der Waals surface area contributed by atoms with E-state index in [2.05, 4.69) is 5.32 Å². The summed E-state index contributed by atoms with van der Waals surface area (Å²) in [6.45, 7) is 3.95. The number of carbonyl (C=O) groups excluding carboxylic acids is 1. The van der Waals surface area contributed by atoms with Crippen molar-refractivity contribution in [3.8, 4) is 11.5 Å². The van der Waals surface area contributed by atoms with Gasteiger partial charge in [0.05, 0.1) is 12.7 Å². The molecule has 2 amide bonds. The summed E-state index contributed by atoms with van der Waals surface area (Å²) in [5, 5.41) is 2.83. The average molecular weight is 537 g/mol. The summed E-state index contributed by atoms with van der Waals surface area (Å²) < 4.78 is 74.6. The number of carbonyl (C=O) groups is 1. The van der Waals surface area contributed by atoms with Crippen molar-refractivity contribution in [3.05, 3.63) is 83.9 Å². The van der Waals surface area contributed by atoms with Gasteiger partial charge >= 0.3 is 22.3 Å². The second-order valence-electron chi connectivity index (χ2n) is 8.25.